The van der Waals surface area contributed by atoms with Crippen LogP contribution in [0.3, 0.4) is 0 Å². The highest BCUT2D eigenvalue weighted by Gasteiger charge is 2.19. The third kappa shape index (κ3) is 3.55. The number of hydrogen-bond acceptors (Lipinski definition) is 0. The van der Waals surface area contributed by atoms with Crippen molar-refractivity contribution in [3.63, 3.8) is 0 Å². The van der Waals surface area contributed by atoms with E-state index in [9.17, 15) is 4.39 Å². The Bertz CT molecular complexity index is 331. The van der Waals surface area contributed by atoms with Gasteiger partial charge in [0.05, 0.1) is 0 Å². The van der Waals surface area contributed by atoms with Crippen LogP contribution in [0, 0.1) is 5.92 Å². The Hall–Kier alpha value is -0.850. The molecule has 1 fully saturated rings. The first-order chi connectivity index (χ1) is 8.15. The molecule has 0 radical (unpaired) electrons. The lowest BCUT2D eigenvalue weighted by molar-refractivity contribution is 0.347. The van der Waals surface area contributed by atoms with Crippen LogP contribution in [-0.2, 0) is 6.42 Å². The molecule has 94 valence electrons. The summed E-state index contributed by atoms with van der Waals surface area (Å²) >= 11 is 0. The molecule has 0 aliphatic heterocycles. The second kappa shape index (κ2) is 5.66. The number of alkyl halides is 1. The molecule has 0 amide bonds. The SMILES string of the molecule is CC(F)Cc1ccc(C2CCC(C)CC2)cc1. The van der Waals surface area contributed by atoms with E-state index in [1.54, 1.807) is 6.92 Å². The summed E-state index contributed by atoms with van der Waals surface area (Å²) in [5.74, 6) is 1.64. The van der Waals surface area contributed by atoms with E-state index in [4.69, 9.17) is 0 Å². The molecule has 1 unspecified atom stereocenters. The maximum absolute atomic E-state index is 12.9. The van der Waals surface area contributed by atoms with Gasteiger partial charge in [-0.3, -0.25) is 0 Å². The first-order valence-electron chi connectivity index (χ1n) is 6.88. The molecule has 0 heterocycles. The fourth-order valence-corrected chi connectivity index (χ4v) is 2.84. The summed E-state index contributed by atoms with van der Waals surface area (Å²) in [6.45, 7) is 3.97. The smallest absolute Gasteiger partial charge is 0.101 e. The van der Waals surface area contributed by atoms with Crippen LogP contribution in [0.5, 0.6) is 0 Å². The zero-order valence-corrected chi connectivity index (χ0v) is 11.0. The number of benzene rings is 1. The van der Waals surface area contributed by atoms with Crippen molar-refractivity contribution in [2.24, 2.45) is 5.92 Å². The van der Waals surface area contributed by atoms with Gasteiger partial charge in [0.2, 0.25) is 0 Å². The summed E-state index contributed by atoms with van der Waals surface area (Å²) in [4.78, 5) is 0. The van der Waals surface area contributed by atoms with E-state index in [0.29, 0.717) is 6.42 Å². The first-order valence-corrected chi connectivity index (χ1v) is 6.88. The average molecular weight is 234 g/mol. The zero-order chi connectivity index (χ0) is 12.3. The zero-order valence-electron chi connectivity index (χ0n) is 11.0. The van der Waals surface area contributed by atoms with Crippen molar-refractivity contribution < 1.29 is 4.39 Å². The van der Waals surface area contributed by atoms with Crippen LogP contribution in [0.15, 0.2) is 24.3 Å². The second-order valence-electron chi connectivity index (χ2n) is 5.68. The van der Waals surface area contributed by atoms with Gasteiger partial charge in [-0.2, -0.15) is 0 Å². The molecule has 0 spiro atoms. The fourth-order valence-electron chi connectivity index (χ4n) is 2.84. The largest absolute Gasteiger partial charge is 0.247 e. The van der Waals surface area contributed by atoms with Crippen molar-refractivity contribution in [1.82, 2.24) is 0 Å². The highest BCUT2D eigenvalue weighted by molar-refractivity contribution is 5.26. The lowest BCUT2D eigenvalue weighted by Crippen LogP contribution is -2.10. The Kier molecular flexibility index (Phi) is 4.20. The third-order valence-corrected chi connectivity index (χ3v) is 3.98. The summed E-state index contributed by atoms with van der Waals surface area (Å²) in [5, 5.41) is 0. The predicted octanol–water partition coefficient (Wildman–Crippen LogP) is 4.88. The minimum absolute atomic E-state index is 0.544. The molecule has 1 aliphatic carbocycles. The van der Waals surface area contributed by atoms with E-state index >= 15 is 0 Å². The lowest BCUT2D eigenvalue weighted by Gasteiger charge is -2.26. The van der Waals surface area contributed by atoms with E-state index in [1.807, 2.05) is 0 Å². The molecule has 0 bridgehead atoms. The summed E-state index contributed by atoms with van der Waals surface area (Å²) in [5.41, 5.74) is 2.57. The molecule has 0 nitrogen and oxygen atoms in total. The number of halogens is 1. The van der Waals surface area contributed by atoms with Gasteiger partial charge in [0, 0.05) is 6.42 Å². The number of rotatable bonds is 3. The molecule has 1 aliphatic rings. The summed E-state index contributed by atoms with van der Waals surface area (Å²) in [6.07, 6.45) is 5.15. The van der Waals surface area contributed by atoms with Crippen molar-refractivity contribution >= 4 is 0 Å². The summed E-state index contributed by atoms with van der Waals surface area (Å²) in [6, 6.07) is 8.61. The molecule has 1 aromatic carbocycles. The van der Waals surface area contributed by atoms with E-state index in [-0.39, 0.29) is 0 Å². The van der Waals surface area contributed by atoms with Crippen molar-refractivity contribution in [1.29, 1.82) is 0 Å². The van der Waals surface area contributed by atoms with Crippen LogP contribution >= 0.6 is 0 Å². The molecule has 1 heteroatoms. The topological polar surface area (TPSA) is 0 Å². The van der Waals surface area contributed by atoms with Crippen molar-refractivity contribution in [2.45, 2.75) is 58.0 Å². The Morgan fingerprint density at radius 2 is 1.71 bits per heavy atom. The van der Waals surface area contributed by atoms with E-state index in [0.717, 1.165) is 17.4 Å². The van der Waals surface area contributed by atoms with Crippen LogP contribution in [0.25, 0.3) is 0 Å². The maximum Gasteiger partial charge on any atom is 0.101 e. The van der Waals surface area contributed by atoms with Crippen molar-refractivity contribution in [3.8, 4) is 0 Å². The summed E-state index contributed by atoms with van der Waals surface area (Å²) in [7, 11) is 0. The van der Waals surface area contributed by atoms with Crippen LogP contribution in [0.1, 0.15) is 56.6 Å². The van der Waals surface area contributed by atoms with Gasteiger partial charge in [0.1, 0.15) is 6.17 Å². The van der Waals surface area contributed by atoms with E-state index < -0.39 is 6.17 Å². The molecule has 0 aromatic heterocycles. The highest BCUT2D eigenvalue weighted by atomic mass is 19.1. The lowest BCUT2D eigenvalue weighted by atomic mass is 9.79. The number of hydrogen-bond donors (Lipinski definition) is 0. The Labute approximate surface area is 104 Å². The second-order valence-corrected chi connectivity index (χ2v) is 5.68. The maximum atomic E-state index is 12.9. The van der Waals surface area contributed by atoms with Crippen molar-refractivity contribution in [3.05, 3.63) is 35.4 Å². The monoisotopic (exact) mass is 234 g/mol. The molecule has 2 rings (SSSR count). The van der Waals surface area contributed by atoms with Gasteiger partial charge in [0.15, 0.2) is 0 Å². The molecule has 1 atom stereocenters. The minimum Gasteiger partial charge on any atom is -0.247 e. The molecule has 0 saturated heterocycles. The molecular formula is C16H23F. The van der Waals surface area contributed by atoms with E-state index in [1.165, 1.54) is 31.2 Å². The van der Waals surface area contributed by atoms with Gasteiger partial charge >= 0.3 is 0 Å². The third-order valence-electron chi connectivity index (χ3n) is 3.98. The molecular weight excluding hydrogens is 211 g/mol. The molecule has 0 N–H and O–H groups in total. The van der Waals surface area contributed by atoms with Gasteiger partial charge in [-0.15, -0.1) is 0 Å². The first kappa shape index (κ1) is 12.6. The van der Waals surface area contributed by atoms with Crippen LogP contribution in [0.4, 0.5) is 4.39 Å². The summed E-state index contributed by atoms with van der Waals surface area (Å²) < 4.78 is 12.9. The molecule has 1 aromatic rings. The van der Waals surface area contributed by atoms with Gasteiger partial charge < -0.3 is 0 Å². The van der Waals surface area contributed by atoms with Gasteiger partial charge in [-0.1, -0.05) is 44.0 Å². The van der Waals surface area contributed by atoms with Crippen LogP contribution in [-0.4, -0.2) is 6.17 Å². The van der Waals surface area contributed by atoms with Crippen molar-refractivity contribution in [2.75, 3.05) is 0 Å². The molecule has 17 heavy (non-hydrogen) atoms. The Balaban J connectivity index is 1.97. The predicted molar refractivity (Wildman–Crippen MR) is 71.1 cm³/mol. The standard InChI is InChI=1S/C16H23F/c1-12-3-7-15(8-4-12)16-9-5-14(6-10-16)11-13(2)17/h5-6,9-10,12-13,15H,3-4,7-8,11H2,1-2H3. The van der Waals surface area contributed by atoms with Crippen LogP contribution in [0.2, 0.25) is 0 Å². The van der Waals surface area contributed by atoms with Gasteiger partial charge in [-0.25, -0.2) is 4.39 Å². The highest BCUT2D eigenvalue weighted by Crippen LogP contribution is 2.35. The van der Waals surface area contributed by atoms with Gasteiger partial charge in [0.25, 0.3) is 0 Å². The normalized spacial score (nSPS) is 26.8. The minimum atomic E-state index is -0.739. The van der Waals surface area contributed by atoms with Crippen LogP contribution < -0.4 is 0 Å². The quantitative estimate of drug-likeness (QED) is 0.699. The molecule has 1 saturated carbocycles. The Morgan fingerprint density at radius 1 is 1.12 bits per heavy atom. The average Bonchev–Trinajstić information content (AvgIpc) is 2.30. The van der Waals surface area contributed by atoms with Gasteiger partial charge in [-0.05, 0) is 42.7 Å². The fraction of sp³-hybridized carbons (Fsp3) is 0.625. The van der Waals surface area contributed by atoms with E-state index in [2.05, 4.69) is 31.2 Å². The Morgan fingerprint density at radius 3 is 2.24 bits per heavy atom.